The first-order chi connectivity index (χ1) is 14.0. The SMILES string of the molecule is CCc1nc(N)nc2c1C(=O)NC(c1ccc(F)cc1-c1cccc(OC)n1)C2. The van der Waals surface area contributed by atoms with Crippen LogP contribution in [0.2, 0.25) is 0 Å². The standard InChI is InChI=1S/C21H20FN5O2/c1-3-14-19-17(27-21(23)26-14)10-16(25-20(19)28)12-8-7-11(22)9-13(12)15-5-4-6-18(24-15)29-2/h4-9,16H,3,10H2,1-2H3,(H,25,28)(H2,23,26,27). The minimum atomic E-state index is -0.405. The monoisotopic (exact) mass is 393 g/mol. The second-order valence-corrected chi connectivity index (χ2v) is 6.73. The largest absolute Gasteiger partial charge is 0.481 e. The van der Waals surface area contributed by atoms with Crippen molar-refractivity contribution < 1.29 is 13.9 Å². The molecule has 0 bridgehead atoms. The number of aromatic nitrogens is 3. The molecule has 8 heteroatoms. The maximum Gasteiger partial charge on any atom is 0.255 e. The fourth-order valence-corrected chi connectivity index (χ4v) is 3.64. The number of hydrogen-bond donors (Lipinski definition) is 2. The predicted molar refractivity (Wildman–Crippen MR) is 106 cm³/mol. The van der Waals surface area contributed by atoms with E-state index in [9.17, 15) is 9.18 Å². The maximum absolute atomic E-state index is 14.1. The molecule has 0 radical (unpaired) electrons. The summed E-state index contributed by atoms with van der Waals surface area (Å²) in [4.78, 5) is 25.7. The molecule has 0 spiro atoms. The lowest BCUT2D eigenvalue weighted by molar-refractivity contribution is 0.0922. The zero-order valence-corrected chi connectivity index (χ0v) is 16.1. The number of nitrogens with zero attached hydrogens (tertiary/aromatic N) is 3. The lowest BCUT2D eigenvalue weighted by atomic mass is 9.90. The van der Waals surface area contributed by atoms with Gasteiger partial charge in [-0.15, -0.1) is 0 Å². The second-order valence-electron chi connectivity index (χ2n) is 6.73. The Morgan fingerprint density at radius 1 is 1.24 bits per heavy atom. The number of fused-ring (bicyclic) bond motifs is 1. The van der Waals surface area contributed by atoms with Gasteiger partial charge >= 0.3 is 0 Å². The summed E-state index contributed by atoms with van der Waals surface area (Å²) in [6.45, 7) is 1.91. The summed E-state index contributed by atoms with van der Waals surface area (Å²) in [5.41, 5.74) is 9.39. The van der Waals surface area contributed by atoms with E-state index in [2.05, 4.69) is 20.3 Å². The lowest BCUT2D eigenvalue weighted by Gasteiger charge is -2.28. The Hall–Kier alpha value is -3.55. The molecule has 1 unspecified atom stereocenters. The molecule has 0 saturated carbocycles. The molecule has 4 rings (SSSR count). The van der Waals surface area contributed by atoms with E-state index in [0.29, 0.717) is 46.9 Å². The fourth-order valence-electron chi connectivity index (χ4n) is 3.64. The molecule has 2 aromatic heterocycles. The van der Waals surface area contributed by atoms with E-state index < -0.39 is 11.9 Å². The molecule has 3 heterocycles. The molecular weight excluding hydrogens is 373 g/mol. The Bertz CT molecular complexity index is 1100. The van der Waals surface area contributed by atoms with Crippen molar-refractivity contribution in [3.05, 3.63) is 64.7 Å². The number of hydrogen-bond acceptors (Lipinski definition) is 6. The molecule has 1 aliphatic heterocycles. The van der Waals surface area contributed by atoms with Crippen molar-refractivity contribution >= 4 is 11.9 Å². The zero-order valence-electron chi connectivity index (χ0n) is 16.1. The zero-order chi connectivity index (χ0) is 20.5. The van der Waals surface area contributed by atoms with Gasteiger partial charge in [-0.3, -0.25) is 4.79 Å². The number of halogens is 1. The number of nitrogens with two attached hydrogens (primary N) is 1. The predicted octanol–water partition coefficient (Wildman–Crippen LogP) is 2.86. The highest BCUT2D eigenvalue weighted by atomic mass is 19.1. The first kappa shape index (κ1) is 18.8. The molecule has 1 aliphatic rings. The van der Waals surface area contributed by atoms with Gasteiger partial charge in [0.05, 0.1) is 35.8 Å². The van der Waals surface area contributed by atoms with Gasteiger partial charge in [-0.2, -0.15) is 0 Å². The minimum Gasteiger partial charge on any atom is -0.481 e. The Morgan fingerprint density at radius 3 is 2.83 bits per heavy atom. The third kappa shape index (κ3) is 3.49. The molecule has 29 heavy (non-hydrogen) atoms. The van der Waals surface area contributed by atoms with Gasteiger partial charge in [0.15, 0.2) is 0 Å². The van der Waals surface area contributed by atoms with Gasteiger partial charge in [-0.1, -0.05) is 19.1 Å². The average molecular weight is 393 g/mol. The van der Waals surface area contributed by atoms with Crippen molar-refractivity contribution in [2.24, 2.45) is 0 Å². The summed E-state index contributed by atoms with van der Waals surface area (Å²) in [5, 5.41) is 3.00. The van der Waals surface area contributed by atoms with Crippen molar-refractivity contribution in [1.29, 1.82) is 0 Å². The molecule has 0 aliphatic carbocycles. The van der Waals surface area contributed by atoms with Crippen LogP contribution < -0.4 is 15.8 Å². The number of carbonyl (C=O) groups is 1. The van der Waals surface area contributed by atoms with Crippen LogP contribution >= 0.6 is 0 Å². The summed E-state index contributed by atoms with van der Waals surface area (Å²) in [6.07, 6.45) is 0.992. The normalized spacial score (nSPS) is 15.6. The first-order valence-electron chi connectivity index (χ1n) is 9.27. The maximum atomic E-state index is 14.1. The summed E-state index contributed by atoms with van der Waals surface area (Å²) in [6, 6.07) is 9.30. The van der Waals surface area contributed by atoms with Crippen LogP contribution in [0, 0.1) is 5.82 Å². The number of ether oxygens (including phenoxy) is 1. The van der Waals surface area contributed by atoms with E-state index in [-0.39, 0.29) is 11.9 Å². The van der Waals surface area contributed by atoms with Crippen LogP contribution in [0.25, 0.3) is 11.3 Å². The van der Waals surface area contributed by atoms with Crippen molar-refractivity contribution in [2.45, 2.75) is 25.8 Å². The number of rotatable bonds is 4. The van der Waals surface area contributed by atoms with Gasteiger partial charge in [-0.25, -0.2) is 19.3 Å². The van der Waals surface area contributed by atoms with Gasteiger partial charge in [0.1, 0.15) is 5.82 Å². The van der Waals surface area contributed by atoms with Crippen LogP contribution in [0.1, 0.15) is 40.3 Å². The molecule has 3 aromatic rings. The first-order valence-corrected chi connectivity index (χ1v) is 9.27. The number of methoxy groups -OCH3 is 1. The Kier molecular flexibility index (Phi) is 4.84. The molecule has 0 fully saturated rings. The van der Waals surface area contributed by atoms with Crippen LogP contribution in [0.5, 0.6) is 5.88 Å². The Morgan fingerprint density at radius 2 is 2.07 bits per heavy atom. The van der Waals surface area contributed by atoms with E-state index in [1.807, 2.05) is 6.92 Å². The molecule has 0 saturated heterocycles. The minimum absolute atomic E-state index is 0.142. The Balaban J connectivity index is 1.80. The number of pyridine rings is 1. The van der Waals surface area contributed by atoms with Crippen LogP contribution in [-0.2, 0) is 12.8 Å². The number of nitrogen functional groups attached to an aromatic ring is 1. The van der Waals surface area contributed by atoms with E-state index in [1.54, 1.807) is 24.3 Å². The number of carbonyl (C=O) groups excluding carboxylic acids is 1. The molecular formula is C21H20FN5O2. The highest BCUT2D eigenvalue weighted by Gasteiger charge is 2.31. The molecule has 1 amide bonds. The molecule has 7 nitrogen and oxygen atoms in total. The third-order valence-electron chi connectivity index (χ3n) is 4.94. The average Bonchev–Trinajstić information content (AvgIpc) is 2.72. The quantitative estimate of drug-likeness (QED) is 0.707. The molecule has 148 valence electrons. The second kappa shape index (κ2) is 7.46. The number of amides is 1. The summed E-state index contributed by atoms with van der Waals surface area (Å²) >= 11 is 0. The highest BCUT2D eigenvalue weighted by molar-refractivity contribution is 5.98. The third-order valence-corrected chi connectivity index (χ3v) is 4.94. The van der Waals surface area contributed by atoms with Gasteiger partial charge in [0, 0.05) is 18.1 Å². The lowest BCUT2D eigenvalue weighted by Crippen LogP contribution is -2.37. The number of nitrogens with one attached hydrogen (secondary N) is 1. The van der Waals surface area contributed by atoms with Crippen LogP contribution in [-0.4, -0.2) is 28.0 Å². The number of aryl methyl sites for hydroxylation is 1. The smallest absolute Gasteiger partial charge is 0.255 e. The van der Waals surface area contributed by atoms with Crippen molar-refractivity contribution in [2.75, 3.05) is 12.8 Å². The molecule has 3 N–H and O–H groups in total. The van der Waals surface area contributed by atoms with Crippen molar-refractivity contribution in [1.82, 2.24) is 20.3 Å². The number of benzene rings is 1. The number of anilines is 1. The summed E-state index contributed by atoms with van der Waals surface area (Å²) in [5.74, 6) is -0.0931. The van der Waals surface area contributed by atoms with Crippen LogP contribution in [0.15, 0.2) is 36.4 Å². The van der Waals surface area contributed by atoms with E-state index in [1.165, 1.54) is 19.2 Å². The van der Waals surface area contributed by atoms with Crippen LogP contribution in [0.4, 0.5) is 10.3 Å². The molecule has 1 aromatic carbocycles. The van der Waals surface area contributed by atoms with E-state index in [4.69, 9.17) is 10.5 Å². The van der Waals surface area contributed by atoms with E-state index in [0.717, 1.165) is 5.56 Å². The van der Waals surface area contributed by atoms with Gasteiger partial charge in [0.2, 0.25) is 11.8 Å². The van der Waals surface area contributed by atoms with Crippen LogP contribution in [0.3, 0.4) is 0 Å². The van der Waals surface area contributed by atoms with Crippen molar-refractivity contribution in [3.8, 4) is 17.1 Å². The summed E-state index contributed by atoms with van der Waals surface area (Å²) in [7, 11) is 1.52. The van der Waals surface area contributed by atoms with Gasteiger partial charge < -0.3 is 15.8 Å². The summed E-state index contributed by atoms with van der Waals surface area (Å²) < 4.78 is 19.3. The molecule has 1 atom stereocenters. The van der Waals surface area contributed by atoms with E-state index >= 15 is 0 Å². The van der Waals surface area contributed by atoms with Gasteiger partial charge in [0.25, 0.3) is 5.91 Å². The Labute approximate surface area is 167 Å². The highest BCUT2D eigenvalue weighted by Crippen LogP contribution is 2.34. The van der Waals surface area contributed by atoms with Gasteiger partial charge in [-0.05, 0) is 30.2 Å². The topological polar surface area (TPSA) is 103 Å². The fraction of sp³-hybridized carbons (Fsp3) is 0.238. The van der Waals surface area contributed by atoms with Crippen molar-refractivity contribution in [3.63, 3.8) is 0 Å².